The lowest BCUT2D eigenvalue weighted by atomic mass is 10.1. The van der Waals surface area contributed by atoms with Gasteiger partial charge in [-0.3, -0.25) is 0 Å². The van der Waals surface area contributed by atoms with Gasteiger partial charge in [-0.2, -0.15) is 0 Å². The number of ether oxygens (including phenoxy) is 1. The van der Waals surface area contributed by atoms with E-state index in [1.807, 2.05) is 0 Å². The maximum Gasteiger partial charge on any atom is 0.261 e. The fourth-order valence-electron chi connectivity index (χ4n) is 1.71. The van der Waals surface area contributed by atoms with Crippen LogP contribution in [-0.2, 0) is 13.8 Å². The number of benzene rings is 1. The van der Waals surface area contributed by atoms with E-state index in [-0.39, 0.29) is 11.0 Å². The molecule has 1 aromatic carbocycles. The maximum absolute atomic E-state index is 11.1. The largest absolute Gasteiger partial charge is 0.374 e. The summed E-state index contributed by atoms with van der Waals surface area (Å²) in [5.41, 5.74) is 0.995. The van der Waals surface area contributed by atoms with Crippen LogP contribution in [0, 0.1) is 0 Å². The molecule has 0 bridgehead atoms. The molecular weight excluding hydrogens is 272 g/mol. The second kappa shape index (κ2) is 7.12. The van der Waals surface area contributed by atoms with Crippen LogP contribution in [0.1, 0.15) is 44.8 Å². The molecule has 0 aliphatic heterocycles. The molecule has 1 rings (SSSR count). The first-order chi connectivity index (χ1) is 8.49. The van der Waals surface area contributed by atoms with Gasteiger partial charge in [0.15, 0.2) is 0 Å². The van der Waals surface area contributed by atoms with Gasteiger partial charge in [-0.25, -0.2) is 8.42 Å². The second-order valence-electron chi connectivity index (χ2n) is 4.15. The summed E-state index contributed by atoms with van der Waals surface area (Å²) in [6.45, 7) is 4.87. The monoisotopic (exact) mass is 290 g/mol. The molecule has 102 valence electrons. The first-order valence-corrected chi connectivity index (χ1v) is 8.46. The molecule has 0 saturated carbocycles. The summed E-state index contributed by atoms with van der Waals surface area (Å²) in [5.74, 6) is 0. The van der Waals surface area contributed by atoms with E-state index in [1.54, 1.807) is 12.1 Å². The van der Waals surface area contributed by atoms with E-state index in [1.165, 1.54) is 12.1 Å². The quantitative estimate of drug-likeness (QED) is 0.716. The van der Waals surface area contributed by atoms with Crippen molar-refractivity contribution in [1.29, 1.82) is 0 Å². The van der Waals surface area contributed by atoms with Crippen LogP contribution in [0.2, 0.25) is 0 Å². The van der Waals surface area contributed by atoms with Crippen molar-refractivity contribution < 1.29 is 13.2 Å². The van der Waals surface area contributed by atoms with Gasteiger partial charge in [0, 0.05) is 17.3 Å². The number of halogens is 1. The fourth-order valence-corrected chi connectivity index (χ4v) is 2.48. The molecule has 0 heterocycles. The fraction of sp³-hybridized carbons (Fsp3) is 0.538. The standard InChI is InChI=1S/C13H19ClO3S/c1-3-5-13(17-10-4-2)11-6-8-12(9-7-11)18(14,15)16/h6-9,13H,3-5,10H2,1-2H3. The van der Waals surface area contributed by atoms with Gasteiger partial charge in [0.25, 0.3) is 9.05 Å². The Morgan fingerprint density at radius 1 is 1.17 bits per heavy atom. The van der Waals surface area contributed by atoms with Gasteiger partial charge < -0.3 is 4.74 Å². The van der Waals surface area contributed by atoms with Crippen LogP contribution < -0.4 is 0 Å². The summed E-state index contributed by atoms with van der Waals surface area (Å²) in [6.07, 6.45) is 2.94. The maximum atomic E-state index is 11.1. The van der Waals surface area contributed by atoms with Crippen molar-refractivity contribution in [3.63, 3.8) is 0 Å². The lowest BCUT2D eigenvalue weighted by Crippen LogP contribution is -2.05. The van der Waals surface area contributed by atoms with Gasteiger partial charge in [-0.05, 0) is 30.5 Å². The van der Waals surface area contributed by atoms with E-state index in [0.717, 1.165) is 24.8 Å². The summed E-state index contributed by atoms with van der Waals surface area (Å²) >= 11 is 0. The van der Waals surface area contributed by atoms with E-state index in [4.69, 9.17) is 15.4 Å². The summed E-state index contributed by atoms with van der Waals surface area (Å²) in [6, 6.07) is 6.59. The van der Waals surface area contributed by atoms with Crippen LogP contribution in [0.5, 0.6) is 0 Å². The van der Waals surface area contributed by atoms with Crippen molar-refractivity contribution >= 4 is 19.7 Å². The Hall–Kier alpha value is -0.580. The third-order valence-electron chi connectivity index (χ3n) is 2.61. The first kappa shape index (κ1) is 15.5. The van der Waals surface area contributed by atoms with E-state index in [2.05, 4.69) is 13.8 Å². The van der Waals surface area contributed by atoms with Crippen molar-refractivity contribution in [3.8, 4) is 0 Å². The molecule has 0 amide bonds. The SMILES string of the molecule is CCCOC(CCC)c1ccc(S(=O)(=O)Cl)cc1. The highest BCUT2D eigenvalue weighted by Crippen LogP contribution is 2.25. The van der Waals surface area contributed by atoms with Gasteiger partial charge in [-0.1, -0.05) is 32.4 Å². The van der Waals surface area contributed by atoms with E-state index in [0.29, 0.717) is 6.61 Å². The van der Waals surface area contributed by atoms with Crippen LogP contribution in [-0.4, -0.2) is 15.0 Å². The zero-order valence-electron chi connectivity index (χ0n) is 10.7. The molecule has 5 heteroatoms. The van der Waals surface area contributed by atoms with Crippen molar-refractivity contribution in [1.82, 2.24) is 0 Å². The Morgan fingerprint density at radius 2 is 1.78 bits per heavy atom. The third-order valence-corrected chi connectivity index (χ3v) is 3.98. The van der Waals surface area contributed by atoms with E-state index < -0.39 is 9.05 Å². The molecule has 0 saturated heterocycles. The van der Waals surface area contributed by atoms with Crippen LogP contribution in [0.25, 0.3) is 0 Å². The van der Waals surface area contributed by atoms with E-state index >= 15 is 0 Å². The highest BCUT2D eigenvalue weighted by molar-refractivity contribution is 8.13. The summed E-state index contributed by atoms with van der Waals surface area (Å²) in [7, 11) is 1.63. The lowest BCUT2D eigenvalue weighted by molar-refractivity contribution is 0.0465. The summed E-state index contributed by atoms with van der Waals surface area (Å²) < 4.78 is 28.1. The minimum atomic E-state index is -3.64. The lowest BCUT2D eigenvalue weighted by Gasteiger charge is -2.17. The average molecular weight is 291 g/mol. The Labute approximate surface area is 114 Å². The van der Waals surface area contributed by atoms with Gasteiger partial charge in [0.05, 0.1) is 11.0 Å². The first-order valence-electron chi connectivity index (χ1n) is 6.15. The molecule has 0 radical (unpaired) electrons. The van der Waals surface area contributed by atoms with Crippen LogP contribution in [0.3, 0.4) is 0 Å². The highest BCUT2D eigenvalue weighted by atomic mass is 35.7. The molecule has 0 fully saturated rings. The molecule has 0 spiro atoms. The van der Waals surface area contributed by atoms with Crippen molar-refractivity contribution in [2.45, 2.75) is 44.1 Å². The smallest absolute Gasteiger partial charge is 0.261 e. The molecular formula is C13H19ClO3S. The molecule has 0 aromatic heterocycles. The summed E-state index contributed by atoms with van der Waals surface area (Å²) in [4.78, 5) is 0.124. The van der Waals surface area contributed by atoms with E-state index in [9.17, 15) is 8.42 Å². The molecule has 1 aromatic rings. The van der Waals surface area contributed by atoms with Gasteiger partial charge >= 0.3 is 0 Å². The van der Waals surface area contributed by atoms with Gasteiger partial charge in [-0.15, -0.1) is 0 Å². The Balaban J connectivity index is 2.86. The minimum Gasteiger partial charge on any atom is -0.374 e. The number of hydrogen-bond acceptors (Lipinski definition) is 3. The third kappa shape index (κ3) is 4.59. The Kier molecular flexibility index (Phi) is 6.12. The second-order valence-corrected chi connectivity index (χ2v) is 6.72. The molecule has 1 atom stereocenters. The average Bonchev–Trinajstić information content (AvgIpc) is 2.33. The van der Waals surface area contributed by atoms with Crippen molar-refractivity contribution in [2.24, 2.45) is 0 Å². The van der Waals surface area contributed by atoms with Crippen molar-refractivity contribution in [2.75, 3.05) is 6.61 Å². The number of hydrogen-bond donors (Lipinski definition) is 0. The predicted molar refractivity (Wildman–Crippen MR) is 73.4 cm³/mol. The number of rotatable bonds is 7. The molecule has 0 aliphatic carbocycles. The van der Waals surface area contributed by atoms with Crippen LogP contribution in [0.15, 0.2) is 29.2 Å². The normalized spacial score (nSPS) is 13.5. The Morgan fingerprint density at radius 3 is 2.22 bits per heavy atom. The zero-order chi connectivity index (χ0) is 13.6. The van der Waals surface area contributed by atoms with Gasteiger partial charge in [0.2, 0.25) is 0 Å². The molecule has 18 heavy (non-hydrogen) atoms. The van der Waals surface area contributed by atoms with Crippen LogP contribution >= 0.6 is 10.7 Å². The minimum absolute atomic E-state index is 0.0297. The topological polar surface area (TPSA) is 43.4 Å². The predicted octanol–water partition coefficient (Wildman–Crippen LogP) is 3.88. The van der Waals surface area contributed by atoms with Gasteiger partial charge in [0.1, 0.15) is 0 Å². The highest BCUT2D eigenvalue weighted by Gasteiger charge is 2.13. The summed E-state index contributed by atoms with van der Waals surface area (Å²) in [5, 5.41) is 0. The van der Waals surface area contributed by atoms with Crippen LogP contribution in [0.4, 0.5) is 0 Å². The molecule has 3 nitrogen and oxygen atoms in total. The zero-order valence-corrected chi connectivity index (χ0v) is 12.3. The Bertz CT molecular complexity index is 454. The molecule has 0 N–H and O–H groups in total. The van der Waals surface area contributed by atoms with Crippen molar-refractivity contribution in [3.05, 3.63) is 29.8 Å². The molecule has 1 unspecified atom stereocenters. The molecule has 0 aliphatic rings.